The van der Waals surface area contributed by atoms with Crippen LogP contribution in [0.4, 0.5) is 11.5 Å². The zero-order chi connectivity index (χ0) is 16.2. The second-order valence-electron chi connectivity index (χ2n) is 5.57. The molecule has 0 atom stereocenters. The number of rotatable bonds is 4. The van der Waals surface area contributed by atoms with E-state index in [9.17, 15) is 10.1 Å². The lowest BCUT2D eigenvalue weighted by Crippen LogP contribution is -2.34. The molecule has 0 N–H and O–H groups in total. The molecular formula is C15H17N5O3. The Morgan fingerprint density at radius 3 is 2.78 bits per heavy atom. The van der Waals surface area contributed by atoms with Gasteiger partial charge in [0.25, 0.3) is 0 Å². The zero-order valence-electron chi connectivity index (χ0n) is 12.8. The maximum atomic E-state index is 11.5. The predicted octanol–water partition coefficient (Wildman–Crippen LogP) is 2.81. The second kappa shape index (κ2) is 6.55. The summed E-state index contributed by atoms with van der Waals surface area (Å²) in [5, 5.41) is 11.5. The van der Waals surface area contributed by atoms with E-state index in [4.69, 9.17) is 4.74 Å². The molecule has 1 aliphatic heterocycles. The minimum absolute atomic E-state index is 0.0633. The fraction of sp³-hybridized carbons (Fsp3) is 0.400. The molecule has 8 nitrogen and oxygen atoms in total. The van der Waals surface area contributed by atoms with E-state index >= 15 is 0 Å². The summed E-state index contributed by atoms with van der Waals surface area (Å²) >= 11 is 0. The third-order valence-electron chi connectivity index (χ3n) is 3.88. The first-order chi connectivity index (χ1) is 11.1. The highest BCUT2D eigenvalue weighted by molar-refractivity contribution is 5.63. The van der Waals surface area contributed by atoms with Crippen molar-refractivity contribution in [3.8, 4) is 11.6 Å². The minimum atomic E-state index is -0.487. The van der Waals surface area contributed by atoms with Gasteiger partial charge in [0, 0.05) is 19.3 Å². The molecule has 1 saturated heterocycles. The van der Waals surface area contributed by atoms with Crippen LogP contribution in [0.3, 0.4) is 0 Å². The molecule has 0 bridgehead atoms. The third kappa shape index (κ3) is 3.36. The van der Waals surface area contributed by atoms with Crippen LogP contribution in [0.25, 0.3) is 0 Å². The van der Waals surface area contributed by atoms with Gasteiger partial charge in [-0.15, -0.1) is 0 Å². The van der Waals surface area contributed by atoms with Gasteiger partial charge >= 0.3 is 11.6 Å². The van der Waals surface area contributed by atoms with Crippen molar-refractivity contribution in [2.75, 3.05) is 18.0 Å². The number of nitro groups is 1. The summed E-state index contributed by atoms with van der Waals surface area (Å²) in [6.45, 7) is 3.67. The van der Waals surface area contributed by atoms with E-state index in [2.05, 4.69) is 21.9 Å². The smallest absolute Gasteiger partial charge is 0.373 e. The first kappa shape index (κ1) is 15.1. The highest BCUT2D eigenvalue weighted by atomic mass is 16.6. The molecule has 2 aromatic heterocycles. The van der Waals surface area contributed by atoms with E-state index in [1.165, 1.54) is 12.5 Å². The van der Waals surface area contributed by atoms with Crippen LogP contribution in [0, 0.1) is 16.0 Å². The van der Waals surface area contributed by atoms with Crippen molar-refractivity contribution in [1.29, 1.82) is 0 Å². The number of aromatic nitrogens is 3. The Morgan fingerprint density at radius 2 is 2.13 bits per heavy atom. The summed E-state index contributed by atoms with van der Waals surface area (Å²) in [6, 6.07) is 3.36. The summed E-state index contributed by atoms with van der Waals surface area (Å²) in [6.07, 6.45) is 6.35. The molecule has 1 fully saturated rings. The fourth-order valence-electron chi connectivity index (χ4n) is 2.56. The lowest BCUT2D eigenvalue weighted by Gasteiger charge is -2.30. The number of pyridine rings is 1. The van der Waals surface area contributed by atoms with E-state index in [1.54, 1.807) is 18.3 Å². The van der Waals surface area contributed by atoms with E-state index in [0.717, 1.165) is 25.9 Å². The average Bonchev–Trinajstić information content (AvgIpc) is 2.56. The van der Waals surface area contributed by atoms with E-state index in [-0.39, 0.29) is 11.6 Å². The maximum absolute atomic E-state index is 11.5. The molecule has 0 aliphatic carbocycles. The third-order valence-corrected chi connectivity index (χ3v) is 3.88. The van der Waals surface area contributed by atoms with Crippen LogP contribution >= 0.6 is 0 Å². The lowest BCUT2D eigenvalue weighted by molar-refractivity contribution is -0.385. The molecule has 0 amide bonds. The first-order valence-electron chi connectivity index (χ1n) is 7.47. The monoisotopic (exact) mass is 315 g/mol. The molecule has 3 heterocycles. The van der Waals surface area contributed by atoms with Crippen LogP contribution in [0.15, 0.2) is 30.9 Å². The largest absolute Gasteiger partial charge is 0.432 e. The molecule has 23 heavy (non-hydrogen) atoms. The van der Waals surface area contributed by atoms with Crippen molar-refractivity contribution < 1.29 is 9.66 Å². The molecule has 2 aromatic rings. The van der Waals surface area contributed by atoms with Crippen molar-refractivity contribution in [3.63, 3.8) is 0 Å². The maximum Gasteiger partial charge on any atom is 0.373 e. The van der Waals surface area contributed by atoms with E-state index in [1.807, 2.05) is 4.90 Å². The van der Waals surface area contributed by atoms with Crippen LogP contribution in [-0.4, -0.2) is 33.0 Å². The van der Waals surface area contributed by atoms with Crippen LogP contribution in [0.2, 0.25) is 0 Å². The highest BCUT2D eigenvalue weighted by Crippen LogP contribution is 2.37. The van der Waals surface area contributed by atoms with Crippen molar-refractivity contribution in [3.05, 3.63) is 41.0 Å². The van der Waals surface area contributed by atoms with Gasteiger partial charge in [0.15, 0.2) is 0 Å². The molecule has 0 spiro atoms. The lowest BCUT2D eigenvalue weighted by atomic mass is 9.99. The molecule has 0 aromatic carbocycles. The Kier molecular flexibility index (Phi) is 4.31. The minimum Gasteiger partial charge on any atom is -0.432 e. The molecule has 120 valence electrons. The number of hydrogen-bond donors (Lipinski definition) is 0. The van der Waals surface area contributed by atoms with Crippen LogP contribution < -0.4 is 9.64 Å². The molecular weight excluding hydrogens is 298 g/mol. The molecule has 1 aliphatic rings. The summed E-state index contributed by atoms with van der Waals surface area (Å²) in [4.78, 5) is 25.0. The van der Waals surface area contributed by atoms with Gasteiger partial charge in [-0.3, -0.25) is 15.1 Å². The van der Waals surface area contributed by atoms with Crippen molar-refractivity contribution >= 4 is 11.5 Å². The quantitative estimate of drug-likeness (QED) is 0.632. The Hall–Kier alpha value is -2.77. The van der Waals surface area contributed by atoms with Gasteiger partial charge in [-0.1, -0.05) is 6.92 Å². The highest BCUT2D eigenvalue weighted by Gasteiger charge is 2.30. The Balaban J connectivity index is 1.94. The molecule has 0 unspecified atom stereocenters. The zero-order valence-corrected chi connectivity index (χ0v) is 12.8. The number of piperidine rings is 1. The van der Waals surface area contributed by atoms with Gasteiger partial charge in [0.1, 0.15) is 12.1 Å². The molecule has 8 heteroatoms. The van der Waals surface area contributed by atoms with Crippen molar-refractivity contribution in [1.82, 2.24) is 15.0 Å². The number of hydrogen-bond acceptors (Lipinski definition) is 7. The SMILES string of the molecule is CC1CCN(c2ncnc(Oc3cccnc3)c2[N+](=O)[O-])CC1. The second-order valence-corrected chi connectivity index (χ2v) is 5.57. The standard InChI is InChI=1S/C15H17N5O3/c1-11-4-7-19(8-5-11)14-13(20(21)22)15(18-10-17-14)23-12-3-2-6-16-9-12/h2-3,6,9-11H,4-5,7-8H2,1H3. The Bertz CT molecular complexity index is 687. The Labute approximate surface area is 133 Å². The van der Waals surface area contributed by atoms with E-state index in [0.29, 0.717) is 17.5 Å². The first-order valence-corrected chi connectivity index (χ1v) is 7.47. The number of nitrogens with zero attached hydrogens (tertiary/aromatic N) is 5. The average molecular weight is 315 g/mol. The molecule has 3 rings (SSSR count). The fourth-order valence-corrected chi connectivity index (χ4v) is 2.56. The summed E-state index contributed by atoms with van der Waals surface area (Å²) in [7, 11) is 0. The summed E-state index contributed by atoms with van der Waals surface area (Å²) < 4.78 is 5.54. The normalized spacial score (nSPS) is 15.4. The summed E-state index contributed by atoms with van der Waals surface area (Å²) in [5.74, 6) is 1.27. The van der Waals surface area contributed by atoms with Gasteiger partial charge < -0.3 is 9.64 Å². The molecule has 0 radical (unpaired) electrons. The van der Waals surface area contributed by atoms with Crippen LogP contribution in [0.1, 0.15) is 19.8 Å². The van der Waals surface area contributed by atoms with Gasteiger partial charge in [-0.2, -0.15) is 4.98 Å². The topological polar surface area (TPSA) is 94.3 Å². The number of ether oxygens (including phenoxy) is 1. The van der Waals surface area contributed by atoms with Crippen LogP contribution in [-0.2, 0) is 0 Å². The van der Waals surface area contributed by atoms with E-state index < -0.39 is 4.92 Å². The van der Waals surface area contributed by atoms with Gasteiger partial charge in [-0.25, -0.2) is 4.98 Å². The van der Waals surface area contributed by atoms with Gasteiger partial charge in [0.05, 0.1) is 11.1 Å². The van der Waals surface area contributed by atoms with Crippen molar-refractivity contribution in [2.24, 2.45) is 5.92 Å². The predicted molar refractivity (Wildman–Crippen MR) is 83.6 cm³/mol. The molecule has 0 saturated carbocycles. The Morgan fingerprint density at radius 1 is 1.35 bits per heavy atom. The van der Waals surface area contributed by atoms with Crippen LogP contribution in [0.5, 0.6) is 11.6 Å². The summed E-state index contributed by atoms with van der Waals surface area (Å²) in [5.41, 5.74) is -0.203. The number of anilines is 1. The van der Waals surface area contributed by atoms with Crippen molar-refractivity contribution in [2.45, 2.75) is 19.8 Å². The van der Waals surface area contributed by atoms with Gasteiger partial charge in [0.2, 0.25) is 5.82 Å². The van der Waals surface area contributed by atoms with Gasteiger partial charge in [-0.05, 0) is 30.9 Å².